The van der Waals surface area contributed by atoms with Gasteiger partial charge in [0.15, 0.2) is 0 Å². The number of phenolic OH excluding ortho intramolecular Hbond substituents is 1. The average Bonchev–Trinajstić information content (AvgIpc) is 2.45. The van der Waals surface area contributed by atoms with E-state index in [1.54, 1.807) is 6.07 Å². The minimum atomic E-state index is -0.345. The van der Waals surface area contributed by atoms with E-state index in [-0.39, 0.29) is 17.2 Å². The van der Waals surface area contributed by atoms with Gasteiger partial charge in [0, 0.05) is 10.9 Å². The van der Waals surface area contributed by atoms with Gasteiger partial charge in [0.2, 0.25) is 0 Å². The maximum absolute atomic E-state index is 12.3. The summed E-state index contributed by atoms with van der Waals surface area (Å²) in [6.07, 6.45) is 0. The Morgan fingerprint density at radius 2 is 1.59 bits per heavy atom. The summed E-state index contributed by atoms with van der Waals surface area (Å²) in [5, 5.41) is 17.2. The lowest BCUT2D eigenvalue weighted by atomic mass is 9.98. The summed E-state index contributed by atoms with van der Waals surface area (Å²) in [4.78, 5) is 12.3. The lowest BCUT2D eigenvalue weighted by molar-refractivity contribution is 0.0917. The first-order valence-electron chi connectivity index (χ1n) is 7.33. The zero-order valence-electron chi connectivity index (χ0n) is 13.0. The Morgan fingerprint density at radius 1 is 0.909 bits per heavy atom. The van der Waals surface area contributed by atoms with Gasteiger partial charge in [-0.3, -0.25) is 4.79 Å². The molecule has 3 aromatic carbocycles. The van der Waals surface area contributed by atoms with E-state index in [0.29, 0.717) is 10.9 Å². The molecule has 0 aromatic heterocycles. The molecule has 0 bridgehead atoms. The molecule has 0 unspecified atom stereocenters. The fourth-order valence-corrected chi connectivity index (χ4v) is 2.66. The number of phenols is 1. The molecule has 0 aliphatic carbocycles. The second-order valence-corrected chi connectivity index (χ2v) is 6.55. The van der Waals surface area contributed by atoms with Gasteiger partial charge in [0.25, 0.3) is 5.91 Å². The van der Waals surface area contributed by atoms with Crippen LogP contribution < -0.4 is 5.32 Å². The fourth-order valence-electron chi connectivity index (χ4n) is 2.66. The Morgan fingerprint density at radius 3 is 2.32 bits per heavy atom. The van der Waals surface area contributed by atoms with Crippen LogP contribution in [0, 0.1) is 0 Å². The predicted molar refractivity (Wildman–Crippen MR) is 90.3 cm³/mol. The largest absolute Gasteiger partial charge is 0.506 e. The van der Waals surface area contributed by atoms with Crippen molar-refractivity contribution < 1.29 is 9.90 Å². The van der Waals surface area contributed by atoms with E-state index in [1.807, 2.05) is 63.2 Å². The van der Waals surface area contributed by atoms with Crippen LogP contribution in [0.5, 0.6) is 5.75 Å². The third-order valence-electron chi connectivity index (χ3n) is 3.63. The van der Waals surface area contributed by atoms with Gasteiger partial charge in [-0.25, -0.2) is 0 Å². The second-order valence-electron chi connectivity index (χ2n) is 6.55. The summed E-state index contributed by atoms with van der Waals surface area (Å²) in [5.41, 5.74) is -0.0419. The Kier molecular flexibility index (Phi) is 3.28. The van der Waals surface area contributed by atoms with E-state index in [2.05, 4.69) is 5.32 Å². The zero-order chi connectivity index (χ0) is 15.9. The number of hydrogen-bond acceptors (Lipinski definition) is 2. The first-order valence-corrected chi connectivity index (χ1v) is 7.33. The van der Waals surface area contributed by atoms with Crippen molar-refractivity contribution in [1.29, 1.82) is 0 Å². The van der Waals surface area contributed by atoms with E-state index in [4.69, 9.17) is 0 Å². The first-order chi connectivity index (χ1) is 10.4. The van der Waals surface area contributed by atoms with Crippen LogP contribution in [-0.2, 0) is 0 Å². The number of benzene rings is 3. The molecule has 3 nitrogen and oxygen atoms in total. The Labute approximate surface area is 129 Å². The van der Waals surface area contributed by atoms with Crippen LogP contribution >= 0.6 is 0 Å². The lowest BCUT2D eigenvalue weighted by Gasteiger charge is -2.21. The van der Waals surface area contributed by atoms with Crippen molar-refractivity contribution in [2.24, 2.45) is 0 Å². The third kappa shape index (κ3) is 2.50. The standard InChI is InChI=1S/C19H19NO2/c1-19(2,3)20-18(22)16-11-10-14-13-7-5-4-6-12(13)8-9-15(14)17(16)21/h4-11,21H,1-3H3,(H,20,22). The highest BCUT2D eigenvalue weighted by molar-refractivity contribution is 6.12. The molecule has 0 atom stereocenters. The van der Waals surface area contributed by atoms with Crippen LogP contribution in [0.15, 0.2) is 48.5 Å². The minimum Gasteiger partial charge on any atom is -0.506 e. The molecule has 0 fully saturated rings. The number of fused-ring (bicyclic) bond motifs is 3. The molecule has 0 aliphatic heterocycles. The molecule has 1 amide bonds. The van der Waals surface area contributed by atoms with Crippen molar-refractivity contribution in [1.82, 2.24) is 5.32 Å². The molecule has 0 aliphatic rings. The van der Waals surface area contributed by atoms with Gasteiger partial charge in [-0.1, -0.05) is 36.4 Å². The first kappa shape index (κ1) is 14.4. The topological polar surface area (TPSA) is 49.3 Å². The number of amides is 1. The zero-order valence-corrected chi connectivity index (χ0v) is 13.0. The van der Waals surface area contributed by atoms with E-state index in [9.17, 15) is 9.90 Å². The normalized spacial score (nSPS) is 11.8. The molecule has 0 heterocycles. The van der Waals surface area contributed by atoms with Crippen molar-refractivity contribution in [3.8, 4) is 5.75 Å². The van der Waals surface area contributed by atoms with Gasteiger partial charge in [-0.2, -0.15) is 0 Å². The third-order valence-corrected chi connectivity index (χ3v) is 3.63. The van der Waals surface area contributed by atoms with Crippen molar-refractivity contribution >= 4 is 27.5 Å². The lowest BCUT2D eigenvalue weighted by Crippen LogP contribution is -2.40. The number of nitrogens with one attached hydrogen (secondary N) is 1. The van der Waals surface area contributed by atoms with E-state index in [1.165, 1.54) is 0 Å². The Hall–Kier alpha value is -2.55. The van der Waals surface area contributed by atoms with Crippen LogP contribution in [-0.4, -0.2) is 16.6 Å². The number of carbonyl (C=O) groups is 1. The molecule has 0 spiro atoms. The molecule has 22 heavy (non-hydrogen) atoms. The van der Waals surface area contributed by atoms with Crippen molar-refractivity contribution in [2.45, 2.75) is 26.3 Å². The molecule has 2 N–H and O–H groups in total. The van der Waals surface area contributed by atoms with Crippen LogP contribution in [0.3, 0.4) is 0 Å². The summed E-state index contributed by atoms with van der Waals surface area (Å²) in [7, 11) is 0. The molecular formula is C19H19NO2. The highest BCUT2D eigenvalue weighted by atomic mass is 16.3. The van der Waals surface area contributed by atoms with Crippen LogP contribution in [0.25, 0.3) is 21.5 Å². The number of rotatable bonds is 1. The van der Waals surface area contributed by atoms with Crippen LogP contribution in [0.4, 0.5) is 0 Å². The van der Waals surface area contributed by atoms with Gasteiger partial charge in [0.1, 0.15) is 5.75 Å². The molecule has 3 aromatic rings. The van der Waals surface area contributed by atoms with Crippen molar-refractivity contribution in [3.05, 3.63) is 54.1 Å². The molecule has 3 rings (SSSR count). The maximum atomic E-state index is 12.3. The van der Waals surface area contributed by atoms with Crippen molar-refractivity contribution in [3.63, 3.8) is 0 Å². The summed E-state index contributed by atoms with van der Waals surface area (Å²) in [6, 6.07) is 15.4. The van der Waals surface area contributed by atoms with Crippen LogP contribution in [0.2, 0.25) is 0 Å². The summed E-state index contributed by atoms with van der Waals surface area (Å²) < 4.78 is 0. The molecular weight excluding hydrogens is 274 g/mol. The van der Waals surface area contributed by atoms with E-state index >= 15 is 0 Å². The summed E-state index contributed by atoms with van der Waals surface area (Å²) in [6.45, 7) is 5.74. The molecule has 112 valence electrons. The number of aromatic hydroxyl groups is 1. The molecule has 0 saturated heterocycles. The highest BCUT2D eigenvalue weighted by Crippen LogP contribution is 2.33. The monoisotopic (exact) mass is 293 g/mol. The Balaban J connectivity index is 2.18. The summed E-state index contributed by atoms with van der Waals surface area (Å²) >= 11 is 0. The van der Waals surface area contributed by atoms with E-state index < -0.39 is 0 Å². The van der Waals surface area contributed by atoms with Gasteiger partial charge in [-0.05, 0) is 49.1 Å². The fraction of sp³-hybridized carbons (Fsp3) is 0.211. The van der Waals surface area contributed by atoms with Crippen molar-refractivity contribution in [2.75, 3.05) is 0 Å². The van der Waals surface area contributed by atoms with Gasteiger partial charge in [0.05, 0.1) is 5.56 Å². The molecule has 0 radical (unpaired) electrons. The second kappa shape index (κ2) is 5.02. The molecule has 0 saturated carbocycles. The average molecular weight is 293 g/mol. The molecule has 3 heteroatoms. The smallest absolute Gasteiger partial charge is 0.255 e. The highest BCUT2D eigenvalue weighted by Gasteiger charge is 2.19. The summed E-state index contributed by atoms with van der Waals surface area (Å²) in [5.74, 6) is -0.231. The maximum Gasteiger partial charge on any atom is 0.255 e. The minimum absolute atomic E-state index is 0.0324. The van der Waals surface area contributed by atoms with Gasteiger partial charge < -0.3 is 10.4 Å². The quantitative estimate of drug-likeness (QED) is 0.660. The predicted octanol–water partition coefficient (Wildman–Crippen LogP) is 4.23. The SMILES string of the molecule is CC(C)(C)NC(=O)c1ccc2c(ccc3ccccc32)c1O. The van der Waals surface area contributed by atoms with Crippen LogP contribution in [0.1, 0.15) is 31.1 Å². The van der Waals surface area contributed by atoms with Gasteiger partial charge in [-0.15, -0.1) is 0 Å². The number of carbonyl (C=O) groups excluding carboxylic acids is 1. The number of hydrogen-bond donors (Lipinski definition) is 2. The van der Waals surface area contributed by atoms with E-state index in [0.717, 1.165) is 16.2 Å². The Bertz CT molecular complexity index is 876. The van der Waals surface area contributed by atoms with Gasteiger partial charge >= 0.3 is 0 Å².